The first kappa shape index (κ1) is 18.2. The van der Waals surface area contributed by atoms with Gasteiger partial charge < -0.3 is 10.1 Å². The molecular weight excluding hydrogens is 356 g/mol. The average Bonchev–Trinajstić information content (AvgIpc) is 3.17. The van der Waals surface area contributed by atoms with E-state index in [0.717, 1.165) is 13.1 Å². The summed E-state index contributed by atoms with van der Waals surface area (Å²) in [5, 5.41) is 5.77. The summed E-state index contributed by atoms with van der Waals surface area (Å²) in [5.41, 5.74) is 0. The number of halogens is 1. The van der Waals surface area contributed by atoms with E-state index in [0.29, 0.717) is 17.3 Å². The zero-order valence-corrected chi connectivity index (χ0v) is 15.7. The van der Waals surface area contributed by atoms with Crippen molar-refractivity contribution in [3.05, 3.63) is 51.7 Å². The molecule has 2 heterocycles. The van der Waals surface area contributed by atoms with Crippen molar-refractivity contribution in [2.45, 2.75) is 25.3 Å². The molecule has 0 saturated carbocycles. The summed E-state index contributed by atoms with van der Waals surface area (Å²) in [6.45, 7) is 2.82. The normalized spacial score (nSPS) is 16.4. The molecule has 0 radical (unpaired) electrons. The largest absolute Gasteiger partial charge is 0.484 e. The average molecular weight is 379 g/mol. The summed E-state index contributed by atoms with van der Waals surface area (Å²) in [6.07, 6.45) is 3.76. The number of benzene rings is 1. The van der Waals surface area contributed by atoms with Crippen LogP contribution in [-0.4, -0.2) is 37.0 Å². The topological polar surface area (TPSA) is 41.6 Å². The van der Waals surface area contributed by atoms with Crippen LogP contribution < -0.4 is 10.1 Å². The molecule has 0 unspecified atom stereocenters. The number of rotatable bonds is 7. The smallest absolute Gasteiger partial charge is 0.258 e. The first-order valence-corrected chi connectivity index (χ1v) is 9.90. The molecule has 1 aliphatic heterocycles. The van der Waals surface area contributed by atoms with Crippen molar-refractivity contribution in [1.29, 1.82) is 0 Å². The number of ether oxygens (including phenoxy) is 1. The molecule has 0 spiro atoms. The predicted octanol–water partition coefficient (Wildman–Crippen LogP) is 4.12. The molecule has 1 N–H and O–H groups in total. The van der Waals surface area contributed by atoms with Crippen molar-refractivity contribution >= 4 is 28.8 Å². The number of nitrogens with zero attached hydrogens (tertiary/aromatic N) is 1. The molecule has 1 atom stereocenters. The highest BCUT2D eigenvalue weighted by Crippen LogP contribution is 2.27. The molecule has 4 nitrogen and oxygen atoms in total. The van der Waals surface area contributed by atoms with Crippen LogP contribution in [0.2, 0.25) is 5.02 Å². The van der Waals surface area contributed by atoms with Crippen LogP contribution in [0.3, 0.4) is 0 Å². The van der Waals surface area contributed by atoms with Gasteiger partial charge in [0.15, 0.2) is 6.61 Å². The Kier molecular flexibility index (Phi) is 6.73. The summed E-state index contributed by atoms with van der Waals surface area (Å²) < 4.78 is 5.51. The number of carbonyl (C=O) groups excluding carboxylic acids is 1. The van der Waals surface area contributed by atoms with Crippen molar-refractivity contribution < 1.29 is 9.53 Å². The van der Waals surface area contributed by atoms with Gasteiger partial charge in [-0.15, -0.1) is 11.3 Å². The first-order chi connectivity index (χ1) is 12.2. The van der Waals surface area contributed by atoms with Crippen molar-refractivity contribution in [3.8, 4) is 5.75 Å². The van der Waals surface area contributed by atoms with Crippen LogP contribution in [0.1, 0.15) is 30.2 Å². The minimum atomic E-state index is -0.103. The number of piperidine rings is 1. The van der Waals surface area contributed by atoms with Gasteiger partial charge in [0.25, 0.3) is 5.91 Å². The van der Waals surface area contributed by atoms with E-state index in [1.165, 1.54) is 24.1 Å². The Morgan fingerprint density at radius 1 is 1.20 bits per heavy atom. The van der Waals surface area contributed by atoms with Crippen molar-refractivity contribution in [3.63, 3.8) is 0 Å². The van der Waals surface area contributed by atoms with E-state index in [2.05, 4.69) is 27.7 Å². The van der Waals surface area contributed by atoms with Crippen LogP contribution >= 0.6 is 22.9 Å². The fraction of sp³-hybridized carbons (Fsp3) is 0.421. The van der Waals surface area contributed by atoms with Crippen LogP contribution in [0.25, 0.3) is 0 Å². The second kappa shape index (κ2) is 9.22. The molecule has 3 rings (SSSR count). The molecule has 1 aromatic heterocycles. The third-order valence-electron chi connectivity index (χ3n) is 4.38. The third kappa shape index (κ3) is 5.46. The van der Waals surface area contributed by atoms with Gasteiger partial charge in [-0.3, -0.25) is 9.69 Å². The zero-order valence-electron chi connectivity index (χ0n) is 14.1. The van der Waals surface area contributed by atoms with Crippen LogP contribution in [-0.2, 0) is 4.79 Å². The van der Waals surface area contributed by atoms with E-state index in [1.807, 2.05) is 0 Å². The van der Waals surface area contributed by atoms with Gasteiger partial charge in [-0.05, 0) is 61.6 Å². The van der Waals surface area contributed by atoms with Gasteiger partial charge in [-0.25, -0.2) is 0 Å². The second-order valence-corrected chi connectivity index (χ2v) is 7.59. The molecule has 1 saturated heterocycles. The number of hydrogen-bond acceptors (Lipinski definition) is 4. The molecule has 1 aliphatic rings. The highest BCUT2D eigenvalue weighted by molar-refractivity contribution is 7.10. The summed E-state index contributed by atoms with van der Waals surface area (Å²) in [4.78, 5) is 16.0. The molecule has 0 bridgehead atoms. The zero-order chi connectivity index (χ0) is 17.5. The van der Waals surface area contributed by atoms with Gasteiger partial charge in [0.2, 0.25) is 0 Å². The van der Waals surface area contributed by atoms with Crippen molar-refractivity contribution in [2.75, 3.05) is 26.2 Å². The summed E-state index contributed by atoms with van der Waals surface area (Å²) >= 11 is 7.59. The Bertz CT molecular complexity index is 655. The Balaban J connectivity index is 1.51. The fourth-order valence-electron chi connectivity index (χ4n) is 3.06. The summed E-state index contributed by atoms with van der Waals surface area (Å²) in [6, 6.07) is 11.5. The molecule has 134 valence electrons. The van der Waals surface area contributed by atoms with E-state index in [4.69, 9.17) is 16.3 Å². The number of hydrogen-bond donors (Lipinski definition) is 1. The molecule has 1 fully saturated rings. The minimum absolute atomic E-state index is 0.0127. The number of likely N-dealkylation sites (tertiary alicyclic amines) is 1. The Hall–Kier alpha value is -1.56. The van der Waals surface area contributed by atoms with Crippen LogP contribution in [0.15, 0.2) is 41.8 Å². The quantitative estimate of drug-likeness (QED) is 0.787. The Labute approximate surface area is 157 Å². The summed E-state index contributed by atoms with van der Waals surface area (Å²) in [5.74, 6) is 0.541. The second-order valence-electron chi connectivity index (χ2n) is 6.17. The number of thiophene rings is 1. The molecule has 25 heavy (non-hydrogen) atoms. The van der Waals surface area contributed by atoms with Crippen LogP contribution in [0, 0.1) is 0 Å². The van der Waals surface area contributed by atoms with Gasteiger partial charge in [0.1, 0.15) is 5.75 Å². The van der Waals surface area contributed by atoms with Gasteiger partial charge in [0.05, 0.1) is 6.04 Å². The SMILES string of the molecule is O=C(COc1ccc(Cl)cc1)NC[C@@H](c1cccs1)N1CCCCC1. The first-order valence-electron chi connectivity index (χ1n) is 8.65. The van der Waals surface area contributed by atoms with E-state index in [-0.39, 0.29) is 18.6 Å². The molecule has 6 heteroatoms. The molecule has 0 aliphatic carbocycles. The molecule has 1 aromatic carbocycles. The van der Waals surface area contributed by atoms with E-state index in [1.54, 1.807) is 35.6 Å². The lowest BCUT2D eigenvalue weighted by Crippen LogP contribution is -2.41. The standard InChI is InChI=1S/C19H23ClN2O2S/c20-15-6-8-16(9-7-15)24-14-19(23)21-13-17(18-5-4-12-25-18)22-10-2-1-3-11-22/h4-9,12,17H,1-3,10-11,13-14H2,(H,21,23)/t17-/m0/s1. The molecule has 2 aromatic rings. The fourth-order valence-corrected chi connectivity index (χ4v) is 4.05. The maximum atomic E-state index is 12.2. The maximum absolute atomic E-state index is 12.2. The van der Waals surface area contributed by atoms with Crippen molar-refractivity contribution in [2.24, 2.45) is 0 Å². The summed E-state index contributed by atoms with van der Waals surface area (Å²) in [7, 11) is 0. The predicted molar refractivity (Wildman–Crippen MR) is 102 cm³/mol. The monoisotopic (exact) mass is 378 g/mol. The lowest BCUT2D eigenvalue weighted by molar-refractivity contribution is -0.123. The van der Waals surface area contributed by atoms with Gasteiger partial charge in [0, 0.05) is 16.4 Å². The lowest BCUT2D eigenvalue weighted by Gasteiger charge is -2.34. The number of carbonyl (C=O) groups is 1. The van der Waals surface area contributed by atoms with Crippen molar-refractivity contribution in [1.82, 2.24) is 10.2 Å². The van der Waals surface area contributed by atoms with Gasteiger partial charge in [-0.2, -0.15) is 0 Å². The molecule has 1 amide bonds. The van der Waals surface area contributed by atoms with E-state index in [9.17, 15) is 4.79 Å². The van der Waals surface area contributed by atoms with Gasteiger partial charge in [-0.1, -0.05) is 24.1 Å². The number of amides is 1. The highest BCUT2D eigenvalue weighted by atomic mass is 35.5. The van der Waals surface area contributed by atoms with Crippen LogP contribution in [0.5, 0.6) is 5.75 Å². The lowest BCUT2D eigenvalue weighted by atomic mass is 10.1. The number of nitrogens with one attached hydrogen (secondary N) is 1. The molecular formula is C19H23ClN2O2S. The van der Waals surface area contributed by atoms with E-state index >= 15 is 0 Å². The maximum Gasteiger partial charge on any atom is 0.258 e. The minimum Gasteiger partial charge on any atom is -0.484 e. The Morgan fingerprint density at radius 2 is 1.96 bits per heavy atom. The van der Waals surface area contributed by atoms with E-state index < -0.39 is 0 Å². The van der Waals surface area contributed by atoms with Crippen LogP contribution in [0.4, 0.5) is 0 Å². The van der Waals surface area contributed by atoms with Gasteiger partial charge >= 0.3 is 0 Å². The Morgan fingerprint density at radius 3 is 2.64 bits per heavy atom. The highest BCUT2D eigenvalue weighted by Gasteiger charge is 2.23. The third-order valence-corrected chi connectivity index (χ3v) is 5.60.